The molecule has 2 unspecified atom stereocenters. The van der Waals surface area contributed by atoms with Crippen LogP contribution in [-0.2, 0) is 11.3 Å². The monoisotopic (exact) mass is 249 g/mol. The lowest BCUT2D eigenvalue weighted by atomic mass is 9.98. The van der Waals surface area contributed by atoms with E-state index in [9.17, 15) is 4.79 Å². The molecule has 18 heavy (non-hydrogen) atoms. The number of amides is 1. The Hall–Kier alpha value is -1.43. The number of aromatic nitrogens is 3. The third kappa shape index (κ3) is 2.25. The van der Waals surface area contributed by atoms with Crippen molar-refractivity contribution < 1.29 is 4.79 Å². The largest absolute Gasteiger partial charge is 0.341 e. The number of likely N-dealkylation sites (N-methyl/N-ethyl adjacent to an activating group) is 1. The third-order valence-corrected chi connectivity index (χ3v) is 4.16. The lowest BCUT2D eigenvalue weighted by Gasteiger charge is -2.35. The van der Waals surface area contributed by atoms with Crippen molar-refractivity contribution in [2.24, 2.45) is 0 Å². The molecule has 0 aromatic carbocycles. The topological polar surface area (TPSA) is 63.1 Å². The van der Waals surface area contributed by atoms with Crippen LogP contribution in [0.3, 0.4) is 0 Å². The molecule has 2 bridgehead atoms. The molecule has 1 aromatic rings. The Balaban J connectivity index is 1.60. The second-order valence-electron chi connectivity index (χ2n) is 5.37. The van der Waals surface area contributed by atoms with Crippen LogP contribution in [0.2, 0.25) is 0 Å². The first kappa shape index (κ1) is 11.6. The molecule has 1 N–H and O–H groups in total. The molecule has 6 nitrogen and oxygen atoms in total. The quantitative estimate of drug-likeness (QED) is 0.820. The van der Waals surface area contributed by atoms with Crippen molar-refractivity contribution in [1.82, 2.24) is 25.2 Å². The van der Waals surface area contributed by atoms with Gasteiger partial charge in [0.05, 0.1) is 6.20 Å². The normalized spacial score (nSPS) is 30.4. The highest BCUT2D eigenvalue weighted by atomic mass is 16.2. The van der Waals surface area contributed by atoms with Crippen molar-refractivity contribution in [2.75, 3.05) is 7.05 Å². The van der Waals surface area contributed by atoms with Crippen LogP contribution in [0.5, 0.6) is 0 Å². The average Bonchev–Trinajstić information content (AvgIpc) is 2.98. The molecule has 3 heterocycles. The van der Waals surface area contributed by atoms with Crippen molar-refractivity contribution >= 4 is 5.91 Å². The molecule has 0 spiro atoms. The molecule has 2 atom stereocenters. The molecule has 0 aliphatic carbocycles. The van der Waals surface area contributed by atoms with Gasteiger partial charge in [-0.2, -0.15) is 0 Å². The van der Waals surface area contributed by atoms with Crippen LogP contribution in [-0.4, -0.2) is 51.0 Å². The Labute approximate surface area is 106 Å². The molecule has 2 saturated heterocycles. The molecule has 3 rings (SSSR count). The Morgan fingerprint density at radius 3 is 2.78 bits per heavy atom. The fourth-order valence-corrected chi connectivity index (χ4v) is 3.11. The fourth-order valence-electron chi connectivity index (χ4n) is 3.11. The van der Waals surface area contributed by atoms with Crippen molar-refractivity contribution in [2.45, 2.75) is 50.4 Å². The molecule has 2 aliphatic heterocycles. The minimum absolute atomic E-state index is 0.117. The molecule has 2 aliphatic rings. The van der Waals surface area contributed by atoms with Gasteiger partial charge in [0.25, 0.3) is 0 Å². The third-order valence-electron chi connectivity index (χ3n) is 4.16. The maximum Gasteiger partial charge on any atom is 0.244 e. The molecule has 0 saturated carbocycles. The smallest absolute Gasteiger partial charge is 0.244 e. The van der Waals surface area contributed by atoms with Crippen molar-refractivity contribution in [3.63, 3.8) is 0 Å². The van der Waals surface area contributed by atoms with Crippen molar-refractivity contribution in [3.05, 3.63) is 12.4 Å². The zero-order chi connectivity index (χ0) is 12.5. The molecule has 6 heteroatoms. The van der Waals surface area contributed by atoms with Gasteiger partial charge < -0.3 is 10.2 Å². The van der Waals surface area contributed by atoms with Gasteiger partial charge in [-0.1, -0.05) is 5.21 Å². The first-order valence-electron chi connectivity index (χ1n) is 6.58. The number of rotatable bonds is 3. The first-order valence-corrected chi connectivity index (χ1v) is 6.58. The highest BCUT2D eigenvalue weighted by Gasteiger charge is 2.36. The number of piperidine rings is 1. The van der Waals surface area contributed by atoms with E-state index in [1.807, 2.05) is 11.9 Å². The second kappa shape index (κ2) is 4.68. The van der Waals surface area contributed by atoms with Crippen LogP contribution < -0.4 is 5.32 Å². The van der Waals surface area contributed by atoms with E-state index in [1.54, 1.807) is 17.1 Å². The van der Waals surface area contributed by atoms with Gasteiger partial charge in [-0.25, -0.2) is 4.68 Å². The summed E-state index contributed by atoms with van der Waals surface area (Å²) in [5.41, 5.74) is 0. The van der Waals surface area contributed by atoms with Crippen LogP contribution in [0.25, 0.3) is 0 Å². The molecule has 1 aromatic heterocycles. The Morgan fingerprint density at radius 1 is 1.44 bits per heavy atom. The summed E-state index contributed by atoms with van der Waals surface area (Å²) < 4.78 is 1.58. The van der Waals surface area contributed by atoms with Gasteiger partial charge in [0.2, 0.25) is 5.91 Å². The van der Waals surface area contributed by atoms with Crippen LogP contribution in [0.1, 0.15) is 25.7 Å². The van der Waals surface area contributed by atoms with Gasteiger partial charge in [-0.3, -0.25) is 4.79 Å². The maximum atomic E-state index is 12.2. The Bertz CT molecular complexity index is 406. The summed E-state index contributed by atoms with van der Waals surface area (Å²) in [6.07, 6.45) is 7.99. The number of hydrogen-bond acceptors (Lipinski definition) is 4. The molecule has 2 fully saturated rings. The lowest BCUT2D eigenvalue weighted by molar-refractivity contribution is -0.133. The second-order valence-corrected chi connectivity index (χ2v) is 5.37. The molecule has 1 amide bonds. The van der Waals surface area contributed by atoms with E-state index in [-0.39, 0.29) is 12.5 Å². The summed E-state index contributed by atoms with van der Waals surface area (Å²) in [6, 6.07) is 1.59. The van der Waals surface area contributed by atoms with Gasteiger partial charge >= 0.3 is 0 Å². The maximum absolute atomic E-state index is 12.2. The zero-order valence-corrected chi connectivity index (χ0v) is 10.6. The van der Waals surface area contributed by atoms with Gasteiger partial charge in [-0.15, -0.1) is 5.10 Å². The van der Waals surface area contributed by atoms with E-state index in [4.69, 9.17) is 0 Å². The van der Waals surface area contributed by atoms with E-state index in [0.717, 1.165) is 12.8 Å². The first-order chi connectivity index (χ1) is 8.72. The SMILES string of the molecule is CN(C(=O)Cn1ccnn1)C1CC2CCC(C1)N2. The molecule has 98 valence electrons. The number of nitrogens with one attached hydrogen (secondary N) is 1. The van der Waals surface area contributed by atoms with Gasteiger partial charge in [-0.05, 0) is 25.7 Å². The lowest BCUT2D eigenvalue weighted by Crippen LogP contribution is -2.49. The summed E-state index contributed by atoms with van der Waals surface area (Å²) in [7, 11) is 1.91. The summed E-state index contributed by atoms with van der Waals surface area (Å²) in [5, 5.41) is 11.1. The zero-order valence-electron chi connectivity index (χ0n) is 10.6. The van der Waals surface area contributed by atoms with Crippen LogP contribution in [0.15, 0.2) is 12.4 Å². The van der Waals surface area contributed by atoms with E-state index in [2.05, 4.69) is 15.6 Å². The number of carbonyl (C=O) groups excluding carboxylic acids is 1. The van der Waals surface area contributed by atoms with Gasteiger partial charge in [0.15, 0.2) is 0 Å². The summed E-state index contributed by atoms with van der Waals surface area (Å²) in [6.45, 7) is 0.287. The Morgan fingerprint density at radius 2 is 2.17 bits per heavy atom. The number of fused-ring (bicyclic) bond motifs is 2. The summed E-state index contributed by atoms with van der Waals surface area (Å²) in [5.74, 6) is 0.117. The van der Waals surface area contributed by atoms with E-state index in [0.29, 0.717) is 18.1 Å². The van der Waals surface area contributed by atoms with Crippen LogP contribution >= 0.6 is 0 Å². The Kier molecular flexibility index (Phi) is 3.03. The van der Waals surface area contributed by atoms with Crippen LogP contribution in [0, 0.1) is 0 Å². The summed E-state index contributed by atoms with van der Waals surface area (Å²) >= 11 is 0. The van der Waals surface area contributed by atoms with Gasteiger partial charge in [0.1, 0.15) is 6.54 Å². The standard InChI is InChI=1S/C12H19N5O/c1-16(12(18)8-17-5-4-13-15-17)11-6-9-2-3-10(7-11)14-9/h4-5,9-11,14H,2-3,6-8H2,1H3. The minimum atomic E-state index is 0.117. The highest BCUT2D eigenvalue weighted by molar-refractivity contribution is 5.75. The fraction of sp³-hybridized carbons (Fsp3) is 0.750. The minimum Gasteiger partial charge on any atom is -0.341 e. The summed E-state index contributed by atoms with van der Waals surface area (Å²) in [4.78, 5) is 14.1. The molecular weight excluding hydrogens is 230 g/mol. The number of nitrogens with zero attached hydrogens (tertiary/aromatic N) is 4. The predicted octanol–water partition coefficient (Wildman–Crippen LogP) is 0.0195. The van der Waals surface area contributed by atoms with E-state index in [1.165, 1.54) is 12.8 Å². The molecule has 0 radical (unpaired) electrons. The number of carbonyl (C=O) groups is 1. The van der Waals surface area contributed by atoms with Gasteiger partial charge in [0, 0.05) is 31.4 Å². The van der Waals surface area contributed by atoms with Crippen molar-refractivity contribution in [1.29, 1.82) is 0 Å². The number of hydrogen-bond donors (Lipinski definition) is 1. The highest BCUT2D eigenvalue weighted by Crippen LogP contribution is 2.29. The average molecular weight is 249 g/mol. The van der Waals surface area contributed by atoms with Crippen LogP contribution in [0.4, 0.5) is 0 Å². The molecular formula is C12H19N5O. The van der Waals surface area contributed by atoms with E-state index >= 15 is 0 Å². The predicted molar refractivity (Wildman–Crippen MR) is 65.8 cm³/mol. The van der Waals surface area contributed by atoms with Crippen molar-refractivity contribution in [3.8, 4) is 0 Å². The van der Waals surface area contributed by atoms with E-state index < -0.39 is 0 Å².